The van der Waals surface area contributed by atoms with Crippen LogP contribution in [0.25, 0.3) is 0 Å². The van der Waals surface area contributed by atoms with E-state index in [0.717, 1.165) is 12.8 Å². The second-order valence-electron chi connectivity index (χ2n) is 4.92. The van der Waals surface area contributed by atoms with Gasteiger partial charge in [0.25, 0.3) is 5.69 Å². The fourth-order valence-corrected chi connectivity index (χ4v) is 2.56. The summed E-state index contributed by atoms with van der Waals surface area (Å²) in [7, 11) is 0. The van der Waals surface area contributed by atoms with E-state index in [1.165, 1.54) is 6.07 Å². The van der Waals surface area contributed by atoms with E-state index in [1.54, 1.807) is 18.2 Å². The zero-order valence-electron chi connectivity index (χ0n) is 10.5. The van der Waals surface area contributed by atoms with E-state index in [2.05, 4.69) is 5.32 Å². The molecule has 1 saturated carbocycles. The SMILES string of the molecule is O=C(O)C1(CNc2ccccc2[N+](=O)[O-])CCCC1. The molecule has 0 spiro atoms. The van der Waals surface area contributed by atoms with Crippen LogP contribution in [0, 0.1) is 15.5 Å². The molecule has 19 heavy (non-hydrogen) atoms. The van der Waals surface area contributed by atoms with Crippen molar-refractivity contribution in [1.82, 2.24) is 0 Å². The predicted molar refractivity (Wildman–Crippen MR) is 70.1 cm³/mol. The molecule has 0 bridgehead atoms. The van der Waals surface area contributed by atoms with Crippen LogP contribution in [0.4, 0.5) is 11.4 Å². The van der Waals surface area contributed by atoms with Gasteiger partial charge in [-0.2, -0.15) is 0 Å². The van der Waals surface area contributed by atoms with Crippen LogP contribution in [0.2, 0.25) is 0 Å². The zero-order chi connectivity index (χ0) is 13.9. The standard InChI is InChI=1S/C13H16N2O4/c16-12(17)13(7-3-4-8-13)9-14-10-5-1-2-6-11(10)15(18)19/h1-2,5-6,14H,3-4,7-9H2,(H,16,17). The summed E-state index contributed by atoms with van der Waals surface area (Å²) in [5, 5.41) is 23.2. The van der Waals surface area contributed by atoms with Gasteiger partial charge >= 0.3 is 5.97 Å². The highest BCUT2D eigenvalue weighted by Crippen LogP contribution is 2.39. The maximum absolute atomic E-state index is 11.4. The molecule has 1 aliphatic rings. The summed E-state index contributed by atoms with van der Waals surface area (Å²) in [5.41, 5.74) is -0.440. The molecule has 1 aromatic carbocycles. The molecular weight excluding hydrogens is 248 g/mol. The van der Waals surface area contributed by atoms with Crippen molar-refractivity contribution in [2.45, 2.75) is 25.7 Å². The predicted octanol–water partition coefficient (Wildman–Crippen LogP) is 2.65. The number of nitro groups is 1. The highest BCUT2D eigenvalue weighted by Gasteiger charge is 2.41. The molecule has 0 unspecified atom stereocenters. The molecule has 6 heteroatoms. The molecule has 0 radical (unpaired) electrons. The van der Waals surface area contributed by atoms with Crippen LogP contribution in [-0.2, 0) is 4.79 Å². The van der Waals surface area contributed by atoms with Crippen LogP contribution >= 0.6 is 0 Å². The summed E-state index contributed by atoms with van der Waals surface area (Å²) in [5.74, 6) is -0.823. The fraction of sp³-hybridized carbons (Fsp3) is 0.462. The van der Waals surface area contributed by atoms with Crippen LogP contribution in [-0.4, -0.2) is 22.5 Å². The Labute approximate surface area is 110 Å². The molecule has 0 aliphatic heterocycles. The van der Waals surface area contributed by atoms with Crippen molar-refractivity contribution in [3.05, 3.63) is 34.4 Å². The van der Waals surface area contributed by atoms with Gasteiger partial charge in [0.05, 0.1) is 10.3 Å². The first-order valence-corrected chi connectivity index (χ1v) is 6.26. The highest BCUT2D eigenvalue weighted by molar-refractivity contribution is 5.76. The number of anilines is 1. The van der Waals surface area contributed by atoms with Crippen molar-refractivity contribution in [2.24, 2.45) is 5.41 Å². The van der Waals surface area contributed by atoms with Gasteiger partial charge < -0.3 is 10.4 Å². The number of aliphatic carboxylic acids is 1. The van der Waals surface area contributed by atoms with Crippen LogP contribution in [0.5, 0.6) is 0 Å². The van der Waals surface area contributed by atoms with Gasteiger partial charge in [0.15, 0.2) is 0 Å². The Morgan fingerprint density at radius 2 is 2.00 bits per heavy atom. The summed E-state index contributed by atoms with van der Waals surface area (Å²) in [6.45, 7) is 0.229. The maximum Gasteiger partial charge on any atom is 0.311 e. The molecule has 0 heterocycles. The normalized spacial score (nSPS) is 17.1. The summed E-state index contributed by atoms with van der Waals surface area (Å²) in [6, 6.07) is 6.29. The minimum absolute atomic E-state index is 0.0268. The number of nitrogens with one attached hydrogen (secondary N) is 1. The average molecular weight is 264 g/mol. The lowest BCUT2D eigenvalue weighted by atomic mass is 9.86. The number of carbonyl (C=O) groups is 1. The lowest BCUT2D eigenvalue weighted by Gasteiger charge is -2.24. The molecule has 1 fully saturated rings. The number of carboxylic acids is 1. The third-order valence-electron chi connectivity index (χ3n) is 3.73. The minimum atomic E-state index is -0.823. The second-order valence-corrected chi connectivity index (χ2v) is 4.92. The van der Waals surface area contributed by atoms with E-state index in [0.29, 0.717) is 18.5 Å². The first-order chi connectivity index (χ1) is 9.05. The first kappa shape index (κ1) is 13.3. The van der Waals surface area contributed by atoms with E-state index in [4.69, 9.17) is 0 Å². The second kappa shape index (κ2) is 5.26. The third kappa shape index (κ3) is 2.67. The fourth-order valence-electron chi connectivity index (χ4n) is 2.56. The number of hydrogen-bond acceptors (Lipinski definition) is 4. The van der Waals surface area contributed by atoms with Gasteiger partial charge in [-0.15, -0.1) is 0 Å². The van der Waals surface area contributed by atoms with Crippen molar-refractivity contribution < 1.29 is 14.8 Å². The van der Waals surface area contributed by atoms with Gasteiger partial charge in [-0.1, -0.05) is 25.0 Å². The Bertz CT molecular complexity index is 495. The van der Waals surface area contributed by atoms with E-state index in [1.807, 2.05) is 0 Å². The number of nitro benzene ring substituents is 1. The average Bonchev–Trinajstić information content (AvgIpc) is 2.86. The molecule has 1 aromatic rings. The molecule has 102 valence electrons. The van der Waals surface area contributed by atoms with Crippen LogP contribution < -0.4 is 5.32 Å². The number of hydrogen-bond donors (Lipinski definition) is 2. The van der Waals surface area contributed by atoms with Crippen molar-refractivity contribution in [1.29, 1.82) is 0 Å². The van der Waals surface area contributed by atoms with Crippen molar-refractivity contribution in [3.8, 4) is 0 Å². The summed E-state index contributed by atoms with van der Waals surface area (Å²) >= 11 is 0. The van der Waals surface area contributed by atoms with E-state index in [9.17, 15) is 20.0 Å². The molecule has 2 rings (SSSR count). The number of carboxylic acid groups (broad SMARTS) is 1. The number of rotatable bonds is 5. The molecular formula is C13H16N2O4. The Morgan fingerprint density at radius 1 is 1.37 bits per heavy atom. The van der Waals surface area contributed by atoms with Crippen LogP contribution in [0.3, 0.4) is 0 Å². The van der Waals surface area contributed by atoms with Crippen molar-refractivity contribution >= 4 is 17.3 Å². The quantitative estimate of drug-likeness (QED) is 0.630. The molecule has 2 N–H and O–H groups in total. The van der Waals surface area contributed by atoms with Crippen LogP contribution in [0.15, 0.2) is 24.3 Å². The molecule has 0 amide bonds. The van der Waals surface area contributed by atoms with E-state index >= 15 is 0 Å². The number of nitrogens with zero attached hydrogens (tertiary/aromatic N) is 1. The lowest BCUT2D eigenvalue weighted by Crippen LogP contribution is -2.35. The monoisotopic (exact) mass is 264 g/mol. The smallest absolute Gasteiger partial charge is 0.311 e. The van der Waals surface area contributed by atoms with Crippen molar-refractivity contribution in [3.63, 3.8) is 0 Å². The van der Waals surface area contributed by atoms with Gasteiger partial charge in [-0.05, 0) is 18.9 Å². The Morgan fingerprint density at radius 3 is 2.58 bits per heavy atom. The highest BCUT2D eigenvalue weighted by atomic mass is 16.6. The van der Waals surface area contributed by atoms with Gasteiger partial charge in [0, 0.05) is 12.6 Å². The molecule has 0 saturated heterocycles. The topological polar surface area (TPSA) is 92.5 Å². The third-order valence-corrected chi connectivity index (χ3v) is 3.73. The minimum Gasteiger partial charge on any atom is -0.481 e. The van der Waals surface area contributed by atoms with Gasteiger partial charge in [0.1, 0.15) is 5.69 Å². The molecule has 0 aromatic heterocycles. The Balaban J connectivity index is 2.14. The summed E-state index contributed by atoms with van der Waals surface area (Å²) in [6.07, 6.45) is 3.03. The van der Waals surface area contributed by atoms with Crippen molar-refractivity contribution in [2.75, 3.05) is 11.9 Å². The number of benzene rings is 1. The zero-order valence-corrected chi connectivity index (χ0v) is 10.5. The number of para-hydroxylation sites is 2. The largest absolute Gasteiger partial charge is 0.481 e. The maximum atomic E-state index is 11.4. The first-order valence-electron chi connectivity index (χ1n) is 6.26. The van der Waals surface area contributed by atoms with Crippen LogP contribution in [0.1, 0.15) is 25.7 Å². The van der Waals surface area contributed by atoms with Gasteiger partial charge in [-0.25, -0.2) is 0 Å². The Hall–Kier alpha value is -2.11. The van der Waals surface area contributed by atoms with Gasteiger partial charge in [-0.3, -0.25) is 14.9 Å². The summed E-state index contributed by atoms with van der Waals surface area (Å²) in [4.78, 5) is 21.8. The summed E-state index contributed by atoms with van der Waals surface area (Å²) < 4.78 is 0. The lowest BCUT2D eigenvalue weighted by molar-refractivity contribution is -0.384. The molecule has 0 atom stereocenters. The van der Waals surface area contributed by atoms with E-state index < -0.39 is 16.3 Å². The van der Waals surface area contributed by atoms with E-state index in [-0.39, 0.29) is 12.2 Å². The molecule has 6 nitrogen and oxygen atoms in total. The van der Waals surface area contributed by atoms with Gasteiger partial charge in [0.2, 0.25) is 0 Å². The Kier molecular flexibility index (Phi) is 3.69. The molecule has 1 aliphatic carbocycles.